The highest BCUT2D eigenvalue weighted by Crippen LogP contribution is 2.45. The summed E-state index contributed by atoms with van der Waals surface area (Å²) in [4.78, 5) is 12.1. The molecule has 3 aliphatic rings. The number of Topliss-reactive ketones (excluding diaryl/α,β-unsaturated/α-hetero) is 1. The molecule has 2 heterocycles. The quantitative estimate of drug-likeness (QED) is 0.735. The lowest BCUT2D eigenvalue weighted by molar-refractivity contribution is -0.305. The Bertz CT molecular complexity index is 409. The highest BCUT2D eigenvalue weighted by Gasteiger charge is 2.59. The third-order valence-corrected chi connectivity index (χ3v) is 4.27. The topological polar surface area (TPSA) is 63.2 Å². The average Bonchev–Trinajstić information content (AvgIpc) is 2.89. The third-order valence-electron chi connectivity index (χ3n) is 4.27. The zero-order valence-corrected chi connectivity index (χ0v) is 13.0. The van der Waals surface area contributed by atoms with Gasteiger partial charge in [0.05, 0.1) is 12.0 Å². The van der Waals surface area contributed by atoms with Crippen LogP contribution in [0.25, 0.3) is 0 Å². The second-order valence-corrected chi connectivity index (χ2v) is 6.30. The van der Waals surface area contributed by atoms with Gasteiger partial charge < -0.3 is 23.7 Å². The standard InChI is InChI=1S/C15H24O6/c1-5-17-8(2)18-14-13-12(20-15(3,4)21-13)11-9(16)6-7-10(11)19-14/h8,10-14H,5-7H2,1-4H3/t8?,10-,11+,12+,13+,14+/m1/s1. The zero-order chi connectivity index (χ0) is 15.2. The minimum Gasteiger partial charge on any atom is -0.353 e. The maximum absolute atomic E-state index is 12.1. The molecule has 120 valence electrons. The van der Waals surface area contributed by atoms with Crippen molar-refractivity contribution in [1.82, 2.24) is 0 Å². The molecule has 6 nitrogen and oxygen atoms in total. The Hall–Kier alpha value is -0.530. The van der Waals surface area contributed by atoms with Gasteiger partial charge in [0.25, 0.3) is 0 Å². The first kappa shape index (κ1) is 15.4. The van der Waals surface area contributed by atoms with Crippen LogP contribution in [0.15, 0.2) is 0 Å². The van der Waals surface area contributed by atoms with E-state index in [4.69, 9.17) is 23.7 Å². The minimum atomic E-state index is -0.729. The normalized spacial score (nSPS) is 42.7. The van der Waals surface area contributed by atoms with Crippen molar-refractivity contribution in [2.45, 2.75) is 77.2 Å². The first-order valence-electron chi connectivity index (χ1n) is 7.72. The van der Waals surface area contributed by atoms with Gasteiger partial charge >= 0.3 is 0 Å². The molecule has 6 heteroatoms. The second-order valence-electron chi connectivity index (χ2n) is 6.30. The van der Waals surface area contributed by atoms with E-state index in [2.05, 4.69) is 0 Å². The number of ether oxygens (including phenoxy) is 5. The second kappa shape index (κ2) is 5.59. The summed E-state index contributed by atoms with van der Waals surface area (Å²) in [5, 5.41) is 0. The molecule has 2 aliphatic heterocycles. The fraction of sp³-hybridized carbons (Fsp3) is 0.933. The van der Waals surface area contributed by atoms with Crippen molar-refractivity contribution in [1.29, 1.82) is 0 Å². The van der Waals surface area contributed by atoms with Crippen LogP contribution in [-0.4, -0.2) is 49.1 Å². The molecule has 0 N–H and O–H groups in total. The molecule has 21 heavy (non-hydrogen) atoms. The molecule has 0 aromatic heterocycles. The van der Waals surface area contributed by atoms with Gasteiger partial charge in [-0.05, 0) is 34.1 Å². The Labute approximate surface area is 125 Å². The van der Waals surface area contributed by atoms with Gasteiger partial charge in [0.15, 0.2) is 18.4 Å². The molecule has 0 bridgehead atoms. The monoisotopic (exact) mass is 300 g/mol. The van der Waals surface area contributed by atoms with E-state index in [1.807, 2.05) is 27.7 Å². The van der Waals surface area contributed by atoms with Gasteiger partial charge in [-0.15, -0.1) is 0 Å². The fourth-order valence-electron chi connectivity index (χ4n) is 3.51. The lowest BCUT2D eigenvalue weighted by atomic mass is 9.90. The summed E-state index contributed by atoms with van der Waals surface area (Å²) in [5.74, 6) is -0.765. The predicted molar refractivity (Wildman–Crippen MR) is 72.4 cm³/mol. The van der Waals surface area contributed by atoms with Gasteiger partial charge in [0.1, 0.15) is 18.0 Å². The predicted octanol–water partition coefficient (Wildman–Crippen LogP) is 1.61. The first-order chi connectivity index (χ1) is 9.91. The molecular weight excluding hydrogens is 276 g/mol. The molecule has 0 aromatic rings. The molecule has 0 radical (unpaired) electrons. The smallest absolute Gasteiger partial charge is 0.189 e. The van der Waals surface area contributed by atoms with Crippen LogP contribution in [0.4, 0.5) is 0 Å². The van der Waals surface area contributed by atoms with Gasteiger partial charge in [-0.2, -0.15) is 0 Å². The van der Waals surface area contributed by atoms with Crippen LogP contribution >= 0.6 is 0 Å². The molecule has 1 saturated carbocycles. The van der Waals surface area contributed by atoms with Crippen molar-refractivity contribution in [3.8, 4) is 0 Å². The Morgan fingerprint density at radius 3 is 2.76 bits per heavy atom. The molecule has 0 amide bonds. The van der Waals surface area contributed by atoms with E-state index < -0.39 is 18.2 Å². The van der Waals surface area contributed by atoms with Crippen LogP contribution in [0.2, 0.25) is 0 Å². The molecule has 1 unspecified atom stereocenters. The highest BCUT2D eigenvalue weighted by molar-refractivity contribution is 5.84. The van der Waals surface area contributed by atoms with Crippen molar-refractivity contribution in [2.75, 3.05) is 6.61 Å². The Balaban J connectivity index is 1.78. The summed E-state index contributed by atoms with van der Waals surface area (Å²) in [6, 6.07) is 0. The molecular formula is C15H24O6. The van der Waals surface area contributed by atoms with E-state index >= 15 is 0 Å². The Morgan fingerprint density at radius 1 is 1.33 bits per heavy atom. The van der Waals surface area contributed by atoms with E-state index in [0.29, 0.717) is 13.0 Å². The number of carbonyl (C=O) groups excluding carboxylic acids is 1. The minimum absolute atomic E-state index is 0.143. The van der Waals surface area contributed by atoms with Crippen molar-refractivity contribution in [3.63, 3.8) is 0 Å². The lowest BCUT2D eigenvalue weighted by Crippen LogP contribution is -2.54. The molecule has 0 aromatic carbocycles. The summed E-state index contributed by atoms with van der Waals surface area (Å²) < 4.78 is 29.1. The van der Waals surface area contributed by atoms with Crippen LogP contribution in [0.5, 0.6) is 0 Å². The van der Waals surface area contributed by atoms with Gasteiger partial charge in [0, 0.05) is 13.0 Å². The number of rotatable bonds is 4. The van der Waals surface area contributed by atoms with E-state index in [1.165, 1.54) is 0 Å². The maximum atomic E-state index is 12.1. The summed E-state index contributed by atoms with van der Waals surface area (Å²) in [5.41, 5.74) is 0. The van der Waals surface area contributed by atoms with Crippen molar-refractivity contribution < 1.29 is 28.5 Å². The fourth-order valence-corrected chi connectivity index (χ4v) is 3.51. The molecule has 0 spiro atoms. The van der Waals surface area contributed by atoms with Crippen LogP contribution in [0, 0.1) is 5.92 Å². The van der Waals surface area contributed by atoms with E-state index in [1.54, 1.807) is 0 Å². The molecule has 3 rings (SSSR count). The van der Waals surface area contributed by atoms with Gasteiger partial charge in [-0.1, -0.05) is 0 Å². The molecule has 3 fully saturated rings. The number of hydrogen-bond donors (Lipinski definition) is 0. The van der Waals surface area contributed by atoms with Gasteiger partial charge in [-0.3, -0.25) is 4.79 Å². The Kier molecular flexibility index (Phi) is 4.09. The summed E-state index contributed by atoms with van der Waals surface area (Å²) >= 11 is 0. The van der Waals surface area contributed by atoms with E-state index in [-0.39, 0.29) is 30.2 Å². The Morgan fingerprint density at radius 2 is 2.05 bits per heavy atom. The van der Waals surface area contributed by atoms with Gasteiger partial charge in [-0.25, -0.2) is 0 Å². The highest BCUT2D eigenvalue weighted by atomic mass is 16.8. The van der Waals surface area contributed by atoms with Crippen molar-refractivity contribution >= 4 is 5.78 Å². The summed E-state index contributed by atoms with van der Waals surface area (Å²) in [6.45, 7) is 8.00. The summed E-state index contributed by atoms with van der Waals surface area (Å²) in [6.07, 6.45) is -0.531. The van der Waals surface area contributed by atoms with Crippen LogP contribution in [-0.2, 0) is 28.5 Å². The maximum Gasteiger partial charge on any atom is 0.189 e. The number of carbonyl (C=O) groups is 1. The third kappa shape index (κ3) is 2.87. The number of fused-ring (bicyclic) bond motifs is 3. The number of ketones is 1. The van der Waals surface area contributed by atoms with Crippen LogP contribution in [0.1, 0.15) is 40.5 Å². The summed E-state index contributed by atoms with van der Waals surface area (Å²) in [7, 11) is 0. The van der Waals surface area contributed by atoms with Crippen molar-refractivity contribution in [3.05, 3.63) is 0 Å². The number of hydrogen-bond acceptors (Lipinski definition) is 6. The SMILES string of the molecule is CCOC(C)O[C@H]1O[C@@H]2CCC(=O)[C@@H]2[C@@H]2OC(C)(C)O[C@H]12. The average molecular weight is 300 g/mol. The zero-order valence-electron chi connectivity index (χ0n) is 13.0. The molecule has 1 aliphatic carbocycles. The van der Waals surface area contributed by atoms with Gasteiger partial charge in [0.2, 0.25) is 0 Å². The van der Waals surface area contributed by atoms with Crippen LogP contribution < -0.4 is 0 Å². The van der Waals surface area contributed by atoms with E-state index in [0.717, 1.165) is 6.42 Å². The van der Waals surface area contributed by atoms with E-state index in [9.17, 15) is 4.79 Å². The molecule has 6 atom stereocenters. The largest absolute Gasteiger partial charge is 0.353 e. The van der Waals surface area contributed by atoms with Crippen molar-refractivity contribution in [2.24, 2.45) is 5.92 Å². The first-order valence-corrected chi connectivity index (χ1v) is 7.72. The lowest BCUT2D eigenvalue weighted by Gasteiger charge is -2.39. The molecule has 2 saturated heterocycles. The van der Waals surface area contributed by atoms with Crippen LogP contribution in [0.3, 0.4) is 0 Å².